The predicted molar refractivity (Wildman–Crippen MR) is 109 cm³/mol. The van der Waals surface area contributed by atoms with Crippen LogP contribution in [0.5, 0.6) is 5.75 Å². The molecule has 5 heteroatoms. The molecule has 1 amide bonds. The van der Waals surface area contributed by atoms with E-state index in [1.165, 1.54) is 5.56 Å². The highest BCUT2D eigenvalue weighted by molar-refractivity contribution is 5.92. The quantitative estimate of drug-likeness (QED) is 0.871. The van der Waals surface area contributed by atoms with Crippen molar-refractivity contribution in [3.8, 4) is 5.75 Å². The molecule has 0 aromatic heterocycles. The normalized spacial score (nSPS) is 14.7. The van der Waals surface area contributed by atoms with Crippen LogP contribution < -0.4 is 15.0 Å². The van der Waals surface area contributed by atoms with E-state index >= 15 is 0 Å². The van der Waals surface area contributed by atoms with Gasteiger partial charge in [-0.15, -0.1) is 0 Å². The van der Waals surface area contributed by atoms with Gasteiger partial charge in [0.05, 0.1) is 13.2 Å². The van der Waals surface area contributed by atoms with E-state index in [1.54, 1.807) is 0 Å². The monoisotopic (exact) mass is 368 g/mol. The topological polar surface area (TPSA) is 50.8 Å². The Kier molecular flexibility index (Phi) is 6.01. The third-order valence-electron chi connectivity index (χ3n) is 4.62. The van der Waals surface area contributed by atoms with Crippen LogP contribution in [0.4, 0.5) is 11.4 Å². The van der Waals surface area contributed by atoms with Crippen molar-refractivity contribution in [3.05, 3.63) is 54.1 Å². The molecule has 1 heterocycles. The minimum absolute atomic E-state index is 0.0138. The van der Waals surface area contributed by atoms with E-state index in [-0.39, 0.29) is 17.9 Å². The predicted octanol–water partition coefficient (Wildman–Crippen LogP) is 3.84. The van der Waals surface area contributed by atoms with Crippen LogP contribution >= 0.6 is 0 Å². The summed E-state index contributed by atoms with van der Waals surface area (Å²) in [5.74, 6) is 0.523. The largest absolute Gasteiger partial charge is 0.484 e. The Hall–Kier alpha value is -2.53. The molecule has 2 aromatic rings. The van der Waals surface area contributed by atoms with Crippen LogP contribution in [0.2, 0.25) is 0 Å². The third-order valence-corrected chi connectivity index (χ3v) is 4.62. The van der Waals surface area contributed by atoms with Gasteiger partial charge in [0.1, 0.15) is 5.75 Å². The lowest BCUT2D eigenvalue weighted by Gasteiger charge is -2.28. The van der Waals surface area contributed by atoms with Gasteiger partial charge in [0.25, 0.3) is 5.91 Å². The molecule has 0 bridgehead atoms. The van der Waals surface area contributed by atoms with Gasteiger partial charge in [-0.1, -0.05) is 32.9 Å². The molecule has 144 valence electrons. The molecule has 1 N–H and O–H groups in total. The molecule has 3 rings (SSSR count). The lowest BCUT2D eigenvalue weighted by molar-refractivity contribution is -0.118. The summed E-state index contributed by atoms with van der Waals surface area (Å²) >= 11 is 0. The molecule has 1 aliphatic heterocycles. The molecule has 1 saturated heterocycles. The van der Waals surface area contributed by atoms with Gasteiger partial charge >= 0.3 is 0 Å². The second-order valence-electron chi connectivity index (χ2n) is 7.76. The lowest BCUT2D eigenvalue weighted by atomic mass is 9.87. The van der Waals surface area contributed by atoms with Crippen molar-refractivity contribution < 1.29 is 14.3 Å². The van der Waals surface area contributed by atoms with E-state index in [2.05, 4.69) is 31.0 Å². The molecular formula is C22H28N2O3. The summed E-state index contributed by atoms with van der Waals surface area (Å²) in [6.07, 6.45) is 0. The highest BCUT2D eigenvalue weighted by Crippen LogP contribution is 2.24. The molecule has 1 fully saturated rings. The van der Waals surface area contributed by atoms with Crippen LogP contribution in [0.3, 0.4) is 0 Å². The van der Waals surface area contributed by atoms with Crippen molar-refractivity contribution in [1.82, 2.24) is 0 Å². The zero-order chi connectivity index (χ0) is 19.3. The van der Waals surface area contributed by atoms with Crippen molar-refractivity contribution in [3.63, 3.8) is 0 Å². The smallest absolute Gasteiger partial charge is 0.262 e. The summed E-state index contributed by atoms with van der Waals surface area (Å²) in [7, 11) is 0. The fourth-order valence-electron chi connectivity index (χ4n) is 2.97. The number of anilines is 2. The molecule has 0 spiro atoms. The fourth-order valence-corrected chi connectivity index (χ4v) is 2.97. The van der Waals surface area contributed by atoms with Gasteiger partial charge in [-0.2, -0.15) is 0 Å². The van der Waals surface area contributed by atoms with Crippen molar-refractivity contribution >= 4 is 17.3 Å². The van der Waals surface area contributed by atoms with E-state index in [0.717, 1.165) is 37.7 Å². The molecule has 5 nitrogen and oxygen atoms in total. The highest BCUT2D eigenvalue weighted by atomic mass is 16.5. The molecular weight excluding hydrogens is 340 g/mol. The summed E-state index contributed by atoms with van der Waals surface area (Å²) in [6.45, 7) is 9.79. The van der Waals surface area contributed by atoms with Crippen molar-refractivity contribution in [2.75, 3.05) is 43.1 Å². The summed E-state index contributed by atoms with van der Waals surface area (Å²) < 4.78 is 11.0. The molecule has 2 aromatic carbocycles. The molecule has 0 atom stereocenters. The number of benzene rings is 2. The van der Waals surface area contributed by atoms with Gasteiger partial charge in [-0.05, 0) is 47.4 Å². The molecule has 27 heavy (non-hydrogen) atoms. The van der Waals surface area contributed by atoms with Gasteiger partial charge < -0.3 is 19.7 Å². The number of hydrogen-bond donors (Lipinski definition) is 1. The summed E-state index contributed by atoms with van der Waals surface area (Å²) in [6, 6.07) is 15.8. The van der Waals surface area contributed by atoms with Crippen LogP contribution in [0.15, 0.2) is 48.5 Å². The van der Waals surface area contributed by atoms with Crippen LogP contribution in [-0.4, -0.2) is 38.8 Å². The van der Waals surface area contributed by atoms with Gasteiger partial charge in [0.2, 0.25) is 0 Å². The van der Waals surface area contributed by atoms with Gasteiger partial charge in [0.15, 0.2) is 6.61 Å². The van der Waals surface area contributed by atoms with Gasteiger partial charge in [0, 0.05) is 24.5 Å². The number of carbonyl (C=O) groups excluding carboxylic acids is 1. The standard InChI is InChI=1S/C22H28N2O3/c1-22(2,3)17-4-10-20(11-5-17)27-16-21(25)23-18-6-8-19(9-7-18)24-12-14-26-15-13-24/h4-11H,12-16H2,1-3H3,(H,23,25). The Morgan fingerprint density at radius 1 is 1.04 bits per heavy atom. The zero-order valence-electron chi connectivity index (χ0n) is 16.3. The first-order valence-corrected chi connectivity index (χ1v) is 9.38. The number of rotatable bonds is 5. The number of nitrogens with zero attached hydrogens (tertiary/aromatic N) is 1. The van der Waals surface area contributed by atoms with E-state index < -0.39 is 0 Å². The van der Waals surface area contributed by atoms with E-state index in [1.807, 2.05) is 48.5 Å². The Bertz CT molecular complexity index is 743. The maximum atomic E-state index is 12.1. The summed E-state index contributed by atoms with van der Waals surface area (Å²) in [5, 5.41) is 2.87. The first kappa shape index (κ1) is 19.2. The van der Waals surface area contributed by atoms with Crippen LogP contribution in [0, 0.1) is 0 Å². The number of amides is 1. The van der Waals surface area contributed by atoms with Crippen molar-refractivity contribution in [2.24, 2.45) is 0 Å². The third kappa shape index (κ3) is 5.47. The maximum absolute atomic E-state index is 12.1. The number of hydrogen-bond acceptors (Lipinski definition) is 4. The van der Waals surface area contributed by atoms with Crippen LogP contribution in [0.1, 0.15) is 26.3 Å². The highest BCUT2D eigenvalue weighted by Gasteiger charge is 2.14. The van der Waals surface area contributed by atoms with Gasteiger partial charge in [-0.25, -0.2) is 0 Å². The average Bonchev–Trinajstić information content (AvgIpc) is 2.67. The number of morpholine rings is 1. The minimum Gasteiger partial charge on any atom is -0.484 e. The Balaban J connectivity index is 1.49. The molecule has 1 aliphatic rings. The molecule has 0 saturated carbocycles. The molecule has 0 radical (unpaired) electrons. The molecule has 0 aliphatic carbocycles. The Labute approximate surface area is 161 Å². The SMILES string of the molecule is CC(C)(C)c1ccc(OCC(=O)Nc2ccc(N3CCOCC3)cc2)cc1. The molecule has 0 unspecified atom stereocenters. The second kappa shape index (κ2) is 8.44. The number of ether oxygens (including phenoxy) is 2. The van der Waals surface area contributed by atoms with Crippen LogP contribution in [-0.2, 0) is 14.9 Å². The van der Waals surface area contributed by atoms with Crippen molar-refractivity contribution in [1.29, 1.82) is 0 Å². The van der Waals surface area contributed by atoms with E-state index in [4.69, 9.17) is 9.47 Å². The summed E-state index contributed by atoms with van der Waals surface area (Å²) in [4.78, 5) is 14.4. The van der Waals surface area contributed by atoms with Crippen LogP contribution in [0.25, 0.3) is 0 Å². The average molecular weight is 368 g/mol. The maximum Gasteiger partial charge on any atom is 0.262 e. The Morgan fingerprint density at radius 3 is 2.26 bits per heavy atom. The number of nitrogens with one attached hydrogen (secondary N) is 1. The minimum atomic E-state index is -0.172. The summed E-state index contributed by atoms with van der Waals surface area (Å²) in [5.41, 5.74) is 3.25. The van der Waals surface area contributed by atoms with E-state index in [9.17, 15) is 4.79 Å². The van der Waals surface area contributed by atoms with Crippen molar-refractivity contribution in [2.45, 2.75) is 26.2 Å². The first-order valence-electron chi connectivity index (χ1n) is 9.38. The van der Waals surface area contributed by atoms with E-state index in [0.29, 0.717) is 5.75 Å². The Morgan fingerprint density at radius 2 is 1.67 bits per heavy atom. The lowest BCUT2D eigenvalue weighted by Crippen LogP contribution is -2.36. The zero-order valence-corrected chi connectivity index (χ0v) is 16.3. The first-order chi connectivity index (χ1) is 12.9. The fraction of sp³-hybridized carbons (Fsp3) is 0.409. The second-order valence-corrected chi connectivity index (χ2v) is 7.76. The van der Waals surface area contributed by atoms with Gasteiger partial charge in [-0.3, -0.25) is 4.79 Å². The number of carbonyl (C=O) groups is 1.